The van der Waals surface area contributed by atoms with Gasteiger partial charge in [-0.25, -0.2) is 12.8 Å². The van der Waals surface area contributed by atoms with Crippen LogP contribution in [0.2, 0.25) is 0 Å². The molecule has 1 aromatic carbocycles. The fourth-order valence-electron chi connectivity index (χ4n) is 2.03. The van der Waals surface area contributed by atoms with Gasteiger partial charge in [0, 0.05) is 17.4 Å². The molecule has 0 atom stereocenters. The van der Waals surface area contributed by atoms with E-state index < -0.39 is 15.8 Å². The van der Waals surface area contributed by atoms with E-state index in [-0.39, 0.29) is 4.21 Å². The Morgan fingerprint density at radius 3 is 2.79 bits per heavy atom. The van der Waals surface area contributed by atoms with E-state index >= 15 is 0 Å². The first-order valence-electron chi connectivity index (χ1n) is 7.09. The molecule has 0 saturated heterocycles. The van der Waals surface area contributed by atoms with Crippen molar-refractivity contribution in [1.29, 1.82) is 0 Å². The van der Waals surface area contributed by atoms with E-state index in [4.69, 9.17) is 4.52 Å². The molecule has 3 rings (SSSR count). The molecule has 0 saturated carbocycles. The lowest BCUT2D eigenvalue weighted by Gasteiger charge is -2.09. The summed E-state index contributed by atoms with van der Waals surface area (Å²) >= 11 is 1.05. The highest BCUT2D eigenvalue weighted by Gasteiger charge is 2.20. The van der Waals surface area contributed by atoms with Crippen molar-refractivity contribution in [2.75, 3.05) is 4.72 Å². The standard InChI is InChI=1S/C15H14FN3O3S2/c1-3-13-17-15(18-22-13)10-7-14(23-8-10)24(20,21)19-12-5-4-11(16)6-9(12)2/h4-8,19H,3H2,1-2H3. The summed E-state index contributed by atoms with van der Waals surface area (Å²) in [5, 5.41) is 5.47. The number of hydrogen-bond donors (Lipinski definition) is 1. The van der Waals surface area contributed by atoms with E-state index in [1.165, 1.54) is 24.3 Å². The van der Waals surface area contributed by atoms with Crippen LogP contribution >= 0.6 is 11.3 Å². The van der Waals surface area contributed by atoms with Crippen LogP contribution in [0, 0.1) is 12.7 Å². The van der Waals surface area contributed by atoms with Gasteiger partial charge in [0.15, 0.2) is 0 Å². The summed E-state index contributed by atoms with van der Waals surface area (Å²) in [4.78, 5) is 4.17. The molecule has 2 aromatic heterocycles. The first kappa shape index (κ1) is 16.6. The Hall–Kier alpha value is -2.26. The van der Waals surface area contributed by atoms with E-state index in [0.29, 0.717) is 35.0 Å². The molecule has 0 aliphatic carbocycles. The van der Waals surface area contributed by atoms with Gasteiger partial charge in [-0.1, -0.05) is 12.1 Å². The second kappa shape index (κ2) is 6.33. The van der Waals surface area contributed by atoms with Gasteiger partial charge in [0.25, 0.3) is 10.0 Å². The zero-order valence-corrected chi connectivity index (χ0v) is 14.5. The number of hydrogen-bond acceptors (Lipinski definition) is 6. The minimum absolute atomic E-state index is 0.115. The van der Waals surface area contributed by atoms with Gasteiger partial charge in [-0.2, -0.15) is 4.98 Å². The molecule has 0 fully saturated rings. The number of benzene rings is 1. The van der Waals surface area contributed by atoms with Gasteiger partial charge in [0.05, 0.1) is 5.69 Å². The highest BCUT2D eigenvalue weighted by molar-refractivity contribution is 7.94. The molecule has 24 heavy (non-hydrogen) atoms. The Kier molecular flexibility index (Phi) is 4.37. The number of nitrogens with one attached hydrogen (secondary N) is 1. The highest BCUT2D eigenvalue weighted by atomic mass is 32.2. The fourth-order valence-corrected chi connectivity index (χ4v) is 4.32. The van der Waals surface area contributed by atoms with Crippen LogP contribution in [0.5, 0.6) is 0 Å². The number of sulfonamides is 1. The molecular formula is C15H14FN3O3S2. The molecule has 9 heteroatoms. The highest BCUT2D eigenvalue weighted by Crippen LogP contribution is 2.29. The van der Waals surface area contributed by atoms with Gasteiger partial charge in [-0.05, 0) is 36.8 Å². The third kappa shape index (κ3) is 3.31. The number of halogens is 1. The van der Waals surface area contributed by atoms with Crippen molar-refractivity contribution in [3.05, 3.63) is 46.9 Å². The molecule has 0 aliphatic rings. The molecule has 1 N–H and O–H groups in total. The van der Waals surface area contributed by atoms with E-state index in [2.05, 4.69) is 14.9 Å². The maximum atomic E-state index is 13.1. The van der Waals surface area contributed by atoms with Crippen LogP contribution in [0.15, 0.2) is 38.4 Å². The first-order valence-corrected chi connectivity index (χ1v) is 9.46. The smallest absolute Gasteiger partial charge is 0.271 e. The Morgan fingerprint density at radius 1 is 1.33 bits per heavy atom. The van der Waals surface area contributed by atoms with Gasteiger partial charge in [-0.15, -0.1) is 11.3 Å². The number of aromatic nitrogens is 2. The maximum absolute atomic E-state index is 13.1. The zero-order valence-electron chi connectivity index (χ0n) is 12.9. The Labute approximate surface area is 142 Å². The van der Waals surface area contributed by atoms with Crippen molar-refractivity contribution in [1.82, 2.24) is 10.1 Å². The number of anilines is 1. The van der Waals surface area contributed by atoms with Gasteiger partial charge in [-0.3, -0.25) is 4.72 Å². The predicted octanol–water partition coefficient (Wildman–Crippen LogP) is 3.61. The Bertz CT molecular complexity index is 980. The summed E-state index contributed by atoms with van der Waals surface area (Å²) < 4.78 is 45.7. The molecule has 0 amide bonds. The normalized spacial score (nSPS) is 11.6. The van der Waals surface area contributed by atoms with Crippen LogP contribution < -0.4 is 4.72 Å². The molecule has 126 valence electrons. The lowest BCUT2D eigenvalue weighted by atomic mass is 10.2. The molecule has 0 aliphatic heterocycles. The van der Waals surface area contributed by atoms with Crippen molar-refractivity contribution >= 4 is 27.0 Å². The quantitative estimate of drug-likeness (QED) is 0.745. The van der Waals surface area contributed by atoms with Crippen LogP contribution in [0.4, 0.5) is 10.1 Å². The summed E-state index contributed by atoms with van der Waals surface area (Å²) in [7, 11) is -3.77. The lowest BCUT2D eigenvalue weighted by Crippen LogP contribution is -2.12. The summed E-state index contributed by atoms with van der Waals surface area (Å²) in [6.45, 7) is 3.52. The van der Waals surface area contributed by atoms with E-state index in [0.717, 1.165) is 11.3 Å². The SMILES string of the molecule is CCc1nc(-c2csc(S(=O)(=O)Nc3ccc(F)cc3C)c2)no1. The van der Waals surface area contributed by atoms with Gasteiger partial charge >= 0.3 is 0 Å². The largest absolute Gasteiger partial charge is 0.339 e. The van der Waals surface area contributed by atoms with Crippen LogP contribution in [0.3, 0.4) is 0 Å². The minimum Gasteiger partial charge on any atom is -0.339 e. The summed E-state index contributed by atoms with van der Waals surface area (Å²) in [6, 6.07) is 5.35. The van der Waals surface area contributed by atoms with Crippen molar-refractivity contribution in [3.63, 3.8) is 0 Å². The third-order valence-electron chi connectivity index (χ3n) is 3.30. The molecular weight excluding hydrogens is 353 g/mol. The first-order chi connectivity index (χ1) is 11.4. The maximum Gasteiger partial charge on any atom is 0.271 e. The molecule has 2 heterocycles. The Balaban J connectivity index is 1.87. The van der Waals surface area contributed by atoms with Crippen molar-refractivity contribution in [2.45, 2.75) is 24.5 Å². The topological polar surface area (TPSA) is 85.1 Å². The molecule has 0 bridgehead atoms. The predicted molar refractivity (Wildman–Crippen MR) is 88.9 cm³/mol. The van der Waals surface area contributed by atoms with Crippen LogP contribution in [0.1, 0.15) is 18.4 Å². The zero-order chi connectivity index (χ0) is 17.3. The van der Waals surface area contributed by atoms with Crippen LogP contribution in [0.25, 0.3) is 11.4 Å². The lowest BCUT2D eigenvalue weighted by molar-refractivity contribution is 0.383. The second-order valence-electron chi connectivity index (χ2n) is 5.08. The average molecular weight is 367 g/mol. The third-order valence-corrected chi connectivity index (χ3v) is 6.11. The molecule has 3 aromatic rings. The van der Waals surface area contributed by atoms with E-state index in [1.54, 1.807) is 12.3 Å². The summed E-state index contributed by atoms with van der Waals surface area (Å²) in [5.74, 6) is 0.417. The van der Waals surface area contributed by atoms with Crippen molar-refractivity contribution in [2.24, 2.45) is 0 Å². The van der Waals surface area contributed by atoms with Crippen molar-refractivity contribution in [3.8, 4) is 11.4 Å². The number of thiophene rings is 1. The molecule has 0 radical (unpaired) electrons. The molecule has 0 unspecified atom stereocenters. The van der Waals surface area contributed by atoms with Crippen LogP contribution in [-0.4, -0.2) is 18.6 Å². The van der Waals surface area contributed by atoms with Gasteiger partial charge < -0.3 is 4.52 Å². The average Bonchev–Trinajstić information content (AvgIpc) is 3.18. The van der Waals surface area contributed by atoms with Gasteiger partial charge in [0.2, 0.25) is 11.7 Å². The number of aryl methyl sites for hydroxylation is 2. The molecule has 0 spiro atoms. The van der Waals surface area contributed by atoms with Crippen molar-refractivity contribution < 1.29 is 17.3 Å². The van der Waals surface area contributed by atoms with Crippen LogP contribution in [-0.2, 0) is 16.4 Å². The van der Waals surface area contributed by atoms with Gasteiger partial charge in [0.1, 0.15) is 10.0 Å². The Morgan fingerprint density at radius 2 is 2.12 bits per heavy atom. The van der Waals surface area contributed by atoms with E-state index in [1.807, 2.05) is 6.92 Å². The molecule has 6 nitrogen and oxygen atoms in total. The summed E-state index contributed by atoms with van der Waals surface area (Å²) in [5.41, 5.74) is 1.40. The fraction of sp³-hybridized carbons (Fsp3) is 0.200. The summed E-state index contributed by atoms with van der Waals surface area (Å²) in [6.07, 6.45) is 0.605. The van der Waals surface area contributed by atoms with E-state index in [9.17, 15) is 12.8 Å². The monoisotopic (exact) mass is 367 g/mol. The second-order valence-corrected chi connectivity index (χ2v) is 7.90. The minimum atomic E-state index is -3.77. The number of nitrogens with zero attached hydrogens (tertiary/aromatic N) is 2. The number of rotatable bonds is 5.